The molecule has 13 heavy (non-hydrogen) atoms. The van der Waals surface area contributed by atoms with Gasteiger partial charge in [0.1, 0.15) is 0 Å². The Hall–Kier alpha value is -0.170. The molecule has 0 radical (unpaired) electrons. The lowest BCUT2D eigenvalue weighted by atomic mass is 10.3. The molecule has 0 atom stereocenters. The van der Waals surface area contributed by atoms with Crippen LogP contribution in [0, 0.1) is 0 Å². The third-order valence-electron chi connectivity index (χ3n) is 2.07. The fraction of sp³-hybridized carbons (Fsp3) is 1.00. The lowest BCUT2D eigenvalue weighted by Crippen LogP contribution is -2.44. The molecular weight excluding hydrogens is 192 g/mol. The molecule has 0 N–H and O–H groups in total. The Balaban J connectivity index is 2.67. The first kappa shape index (κ1) is 10.9. The zero-order valence-corrected chi connectivity index (χ0v) is 8.88. The summed E-state index contributed by atoms with van der Waals surface area (Å²) < 4.78 is 25.6. The molecule has 6 heteroatoms. The van der Waals surface area contributed by atoms with Crippen LogP contribution in [-0.4, -0.2) is 43.9 Å². The molecule has 1 aliphatic heterocycles. The summed E-state index contributed by atoms with van der Waals surface area (Å²) in [4.78, 5) is 5.07. The van der Waals surface area contributed by atoms with Crippen LogP contribution in [0.1, 0.15) is 19.8 Å². The minimum Gasteiger partial charge on any atom is -0.283 e. The molecule has 0 aromatic rings. The summed E-state index contributed by atoms with van der Waals surface area (Å²) in [5.41, 5.74) is 0. The summed E-state index contributed by atoms with van der Waals surface area (Å²) in [6, 6.07) is 0. The van der Waals surface area contributed by atoms with Crippen molar-refractivity contribution >= 4 is 10.2 Å². The number of hydrogen-bond donors (Lipinski definition) is 0. The van der Waals surface area contributed by atoms with Crippen molar-refractivity contribution in [3.8, 4) is 0 Å². The summed E-state index contributed by atoms with van der Waals surface area (Å²) in [5.74, 6) is 0. The van der Waals surface area contributed by atoms with E-state index in [1.54, 1.807) is 14.0 Å². The molecule has 0 aliphatic carbocycles. The molecule has 1 rings (SSSR count). The van der Waals surface area contributed by atoms with Crippen molar-refractivity contribution in [2.75, 3.05) is 26.7 Å². The van der Waals surface area contributed by atoms with Gasteiger partial charge in [0, 0.05) is 20.1 Å². The Morgan fingerprint density at radius 2 is 2.15 bits per heavy atom. The Bertz CT molecular complexity index is 246. The van der Waals surface area contributed by atoms with Gasteiger partial charge in [-0.2, -0.15) is 12.7 Å². The Kier molecular flexibility index (Phi) is 3.66. The van der Waals surface area contributed by atoms with Crippen LogP contribution in [0.4, 0.5) is 0 Å². The second-order valence-electron chi connectivity index (χ2n) is 2.99. The van der Waals surface area contributed by atoms with Crippen molar-refractivity contribution in [3.63, 3.8) is 0 Å². The van der Waals surface area contributed by atoms with E-state index in [0.29, 0.717) is 19.7 Å². The highest BCUT2D eigenvalue weighted by Crippen LogP contribution is 2.13. The smallest absolute Gasteiger partial charge is 0.283 e. The fourth-order valence-corrected chi connectivity index (χ4v) is 2.28. The first-order valence-electron chi connectivity index (χ1n) is 4.46. The summed E-state index contributed by atoms with van der Waals surface area (Å²) in [7, 11) is -1.82. The van der Waals surface area contributed by atoms with E-state index >= 15 is 0 Å². The van der Waals surface area contributed by atoms with Crippen molar-refractivity contribution in [2.45, 2.75) is 19.8 Å². The molecule has 5 nitrogen and oxygen atoms in total. The van der Waals surface area contributed by atoms with Gasteiger partial charge in [0.2, 0.25) is 0 Å². The zero-order valence-electron chi connectivity index (χ0n) is 8.06. The third kappa shape index (κ3) is 2.40. The molecule has 0 saturated carbocycles. The molecule has 0 aromatic carbocycles. The standard InChI is InChI=1S/C7H16N2O3S/c1-3-8(2)13(10,11)9-6-4-5-7-12-9/h3-7H2,1-2H3. The predicted octanol–water partition coefficient (Wildman–Crippen LogP) is 0.210. The SMILES string of the molecule is CCN(C)S(=O)(=O)N1CCCCO1. The topological polar surface area (TPSA) is 49.9 Å². The normalized spacial score (nSPS) is 20.8. The van der Waals surface area contributed by atoms with Gasteiger partial charge in [-0.15, -0.1) is 0 Å². The van der Waals surface area contributed by atoms with Crippen LogP contribution >= 0.6 is 0 Å². The summed E-state index contributed by atoms with van der Waals surface area (Å²) in [6.07, 6.45) is 1.80. The maximum atomic E-state index is 11.6. The molecule has 1 aliphatic rings. The quantitative estimate of drug-likeness (QED) is 0.666. The second kappa shape index (κ2) is 4.36. The average Bonchev–Trinajstić information content (AvgIpc) is 2.18. The minimum atomic E-state index is -3.37. The van der Waals surface area contributed by atoms with Gasteiger partial charge < -0.3 is 0 Å². The molecule has 1 heterocycles. The predicted molar refractivity (Wildman–Crippen MR) is 49.1 cm³/mol. The Morgan fingerprint density at radius 1 is 1.46 bits per heavy atom. The Labute approximate surface area is 79.4 Å². The average molecular weight is 208 g/mol. The summed E-state index contributed by atoms with van der Waals surface area (Å²) >= 11 is 0. The van der Waals surface area contributed by atoms with Crippen molar-refractivity contribution < 1.29 is 13.3 Å². The van der Waals surface area contributed by atoms with Crippen LogP contribution in [0.2, 0.25) is 0 Å². The molecular formula is C7H16N2O3S. The van der Waals surface area contributed by atoms with Gasteiger partial charge in [-0.05, 0) is 12.8 Å². The van der Waals surface area contributed by atoms with Crippen LogP contribution < -0.4 is 0 Å². The van der Waals surface area contributed by atoms with Crippen molar-refractivity contribution in [2.24, 2.45) is 0 Å². The van der Waals surface area contributed by atoms with E-state index in [-0.39, 0.29) is 0 Å². The third-order valence-corrected chi connectivity index (χ3v) is 3.92. The molecule has 1 saturated heterocycles. The highest BCUT2D eigenvalue weighted by Gasteiger charge is 2.28. The van der Waals surface area contributed by atoms with Crippen molar-refractivity contribution in [3.05, 3.63) is 0 Å². The molecule has 0 unspecified atom stereocenters. The number of rotatable bonds is 3. The van der Waals surface area contributed by atoms with Crippen LogP contribution in [0.5, 0.6) is 0 Å². The van der Waals surface area contributed by atoms with Gasteiger partial charge in [-0.1, -0.05) is 11.4 Å². The molecule has 0 aromatic heterocycles. The largest absolute Gasteiger partial charge is 0.303 e. The van der Waals surface area contributed by atoms with Gasteiger partial charge in [-0.25, -0.2) is 0 Å². The van der Waals surface area contributed by atoms with Crippen molar-refractivity contribution in [1.82, 2.24) is 8.77 Å². The van der Waals surface area contributed by atoms with Crippen LogP contribution in [0.15, 0.2) is 0 Å². The van der Waals surface area contributed by atoms with Gasteiger partial charge in [-0.3, -0.25) is 4.84 Å². The van der Waals surface area contributed by atoms with Crippen molar-refractivity contribution in [1.29, 1.82) is 0 Å². The number of hydroxylamine groups is 1. The highest BCUT2D eigenvalue weighted by atomic mass is 32.2. The number of nitrogens with zero attached hydrogens (tertiary/aromatic N) is 2. The van der Waals surface area contributed by atoms with E-state index in [1.807, 2.05) is 0 Å². The van der Waals surface area contributed by atoms with E-state index in [1.165, 1.54) is 4.31 Å². The van der Waals surface area contributed by atoms with E-state index in [2.05, 4.69) is 0 Å². The lowest BCUT2D eigenvalue weighted by molar-refractivity contribution is -0.112. The first-order valence-corrected chi connectivity index (χ1v) is 5.85. The van der Waals surface area contributed by atoms with Gasteiger partial charge in [0.15, 0.2) is 0 Å². The van der Waals surface area contributed by atoms with E-state index in [9.17, 15) is 8.42 Å². The maximum Gasteiger partial charge on any atom is 0.303 e. The van der Waals surface area contributed by atoms with Gasteiger partial charge in [0.25, 0.3) is 0 Å². The molecule has 0 amide bonds. The minimum absolute atomic E-state index is 0.461. The highest BCUT2D eigenvalue weighted by molar-refractivity contribution is 7.86. The van der Waals surface area contributed by atoms with E-state index < -0.39 is 10.2 Å². The molecule has 0 bridgehead atoms. The van der Waals surface area contributed by atoms with Gasteiger partial charge in [0.05, 0.1) is 6.61 Å². The fourth-order valence-electron chi connectivity index (χ4n) is 1.07. The monoisotopic (exact) mass is 208 g/mol. The van der Waals surface area contributed by atoms with Crippen LogP contribution in [0.25, 0.3) is 0 Å². The van der Waals surface area contributed by atoms with E-state index in [0.717, 1.165) is 17.3 Å². The van der Waals surface area contributed by atoms with Gasteiger partial charge >= 0.3 is 10.2 Å². The molecule has 0 spiro atoms. The maximum absolute atomic E-state index is 11.6. The summed E-state index contributed by atoms with van der Waals surface area (Å²) in [5, 5.41) is 0. The second-order valence-corrected chi connectivity index (χ2v) is 4.91. The van der Waals surface area contributed by atoms with Crippen LogP contribution in [-0.2, 0) is 15.0 Å². The molecule has 78 valence electrons. The lowest BCUT2D eigenvalue weighted by Gasteiger charge is -2.28. The zero-order chi connectivity index (χ0) is 9.90. The number of hydrogen-bond acceptors (Lipinski definition) is 3. The van der Waals surface area contributed by atoms with E-state index in [4.69, 9.17) is 4.84 Å². The molecule has 1 fully saturated rings. The first-order chi connectivity index (χ1) is 6.09. The summed E-state index contributed by atoms with van der Waals surface area (Å²) in [6.45, 7) is 3.22. The Morgan fingerprint density at radius 3 is 2.62 bits per heavy atom. The van der Waals surface area contributed by atoms with Crippen LogP contribution in [0.3, 0.4) is 0 Å².